The van der Waals surface area contributed by atoms with Crippen LogP contribution in [0.3, 0.4) is 0 Å². The van der Waals surface area contributed by atoms with Crippen molar-refractivity contribution in [1.29, 1.82) is 0 Å². The molecule has 6 nitrogen and oxygen atoms in total. The van der Waals surface area contributed by atoms with Crippen molar-refractivity contribution >= 4 is 56.4 Å². The maximum atomic E-state index is 12.4. The number of carbonyl (C=O) groups excluding carboxylic acids is 2. The highest BCUT2D eigenvalue weighted by Gasteiger charge is 2.13. The third-order valence-corrected chi connectivity index (χ3v) is 5.93. The predicted molar refractivity (Wildman–Crippen MR) is 107 cm³/mol. The van der Waals surface area contributed by atoms with Gasteiger partial charge in [0.1, 0.15) is 12.3 Å². The van der Waals surface area contributed by atoms with E-state index in [1.165, 1.54) is 22.7 Å². The molecule has 0 spiro atoms. The summed E-state index contributed by atoms with van der Waals surface area (Å²) >= 11 is 8.58. The fraction of sp³-hybridized carbons (Fsp3) is 0.278. The van der Waals surface area contributed by atoms with Crippen molar-refractivity contribution in [3.8, 4) is 5.75 Å². The number of carbonyl (C=O) groups is 2. The largest absolute Gasteiger partial charge is 0.497 e. The van der Waals surface area contributed by atoms with Gasteiger partial charge >= 0.3 is 5.97 Å². The first kappa shape index (κ1) is 19.6. The highest BCUT2D eigenvalue weighted by atomic mass is 35.5. The van der Waals surface area contributed by atoms with Gasteiger partial charge in [0, 0.05) is 4.88 Å². The van der Waals surface area contributed by atoms with Crippen LogP contribution in [0.15, 0.2) is 35.3 Å². The Balaban J connectivity index is 2.00. The van der Waals surface area contributed by atoms with Gasteiger partial charge in [-0.1, -0.05) is 22.9 Å². The van der Waals surface area contributed by atoms with Crippen LogP contribution in [0.2, 0.25) is 4.34 Å². The van der Waals surface area contributed by atoms with E-state index in [1.807, 2.05) is 18.2 Å². The highest BCUT2D eigenvalue weighted by Crippen LogP contribution is 2.24. The number of halogens is 1. The molecule has 2 aromatic heterocycles. The van der Waals surface area contributed by atoms with E-state index in [0.717, 1.165) is 15.1 Å². The molecule has 0 N–H and O–H groups in total. The molecule has 142 valence electrons. The molecule has 3 aromatic rings. The summed E-state index contributed by atoms with van der Waals surface area (Å²) in [6.07, 6.45) is 0.161. The van der Waals surface area contributed by atoms with Gasteiger partial charge in [0.25, 0.3) is 5.91 Å². The standard InChI is InChI=1S/C18H17ClN2O4S2/c1-3-25-17(23)10-21-13-6-4-11(24-2)8-14(13)27-18(21)20-16(22)9-12-5-7-15(19)26-12/h4-8H,3,9-10H2,1-2H3. The number of ether oxygens (including phenoxy) is 2. The van der Waals surface area contributed by atoms with E-state index < -0.39 is 0 Å². The van der Waals surface area contributed by atoms with Gasteiger partial charge in [0.2, 0.25) is 0 Å². The van der Waals surface area contributed by atoms with Crippen LogP contribution < -0.4 is 9.54 Å². The molecular formula is C18H17ClN2O4S2. The maximum Gasteiger partial charge on any atom is 0.326 e. The molecule has 2 heterocycles. The Labute approximate surface area is 168 Å². The molecule has 0 unspecified atom stereocenters. The molecule has 0 radical (unpaired) electrons. The third-order valence-electron chi connectivity index (χ3n) is 3.66. The average Bonchev–Trinajstić information content (AvgIpc) is 3.18. The van der Waals surface area contributed by atoms with Crippen molar-refractivity contribution in [2.45, 2.75) is 19.9 Å². The molecule has 0 aliphatic heterocycles. The second-order valence-corrected chi connectivity index (χ2v) is 8.31. The van der Waals surface area contributed by atoms with Gasteiger partial charge in [-0.25, -0.2) is 0 Å². The van der Waals surface area contributed by atoms with Gasteiger partial charge < -0.3 is 14.0 Å². The number of nitrogens with zero attached hydrogens (tertiary/aromatic N) is 2. The van der Waals surface area contributed by atoms with Crippen LogP contribution in [0.25, 0.3) is 10.2 Å². The molecule has 1 amide bonds. The zero-order valence-corrected chi connectivity index (χ0v) is 17.1. The number of fused-ring (bicyclic) bond motifs is 1. The predicted octanol–water partition coefficient (Wildman–Crippen LogP) is 3.66. The zero-order chi connectivity index (χ0) is 19.4. The lowest BCUT2D eigenvalue weighted by atomic mass is 10.3. The zero-order valence-electron chi connectivity index (χ0n) is 14.7. The molecule has 3 rings (SSSR count). The summed E-state index contributed by atoms with van der Waals surface area (Å²) in [5, 5.41) is 0. The molecule has 0 atom stereocenters. The number of rotatable bonds is 6. The Bertz CT molecular complexity index is 1050. The number of benzene rings is 1. The Kier molecular flexibility index (Phi) is 6.30. The van der Waals surface area contributed by atoms with Crippen LogP contribution in [0.5, 0.6) is 5.75 Å². The molecule has 27 heavy (non-hydrogen) atoms. The summed E-state index contributed by atoms with van der Waals surface area (Å²) in [4.78, 5) is 29.9. The molecule has 1 aromatic carbocycles. The minimum absolute atomic E-state index is 0.0168. The van der Waals surface area contributed by atoms with Crippen molar-refractivity contribution in [2.75, 3.05) is 13.7 Å². The summed E-state index contributed by atoms with van der Waals surface area (Å²) in [5.74, 6) is 0.00902. The van der Waals surface area contributed by atoms with Crippen molar-refractivity contribution in [3.63, 3.8) is 0 Å². The number of aromatic nitrogens is 1. The lowest BCUT2D eigenvalue weighted by Gasteiger charge is -2.05. The number of amides is 1. The number of hydrogen-bond acceptors (Lipinski definition) is 6. The highest BCUT2D eigenvalue weighted by molar-refractivity contribution is 7.16. The minimum Gasteiger partial charge on any atom is -0.497 e. The summed E-state index contributed by atoms with van der Waals surface area (Å²) in [5.41, 5.74) is 0.791. The first-order valence-electron chi connectivity index (χ1n) is 8.15. The lowest BCUT2D eigenvalue weighted by Crippen LogP contribution is -2.23. The number of esters is 1. The van der Waals surface area contributed by atoms with Gasteiger partial charge in [-0.05, 0) is 37.3 Å². The fourth-order valence-corrected chi connectivity index (χ4v) is 4.65. The van der Waals surface area contributed by atoms with Crippen molar-refractivity contribution in [2.24, 2.45) is 4.99 Å². The number of methoxy groups -OCH3 is 1. The van der Waals surface area contributed by atoms with Gasteiger partial charge in [0.05, 0.1) is 34.7 Å². The molecule has 0 bridgehead atoms. The summed E-state index contributed by atoms with van der Waals surface area (Å²) in [6, 6.07) is 9.05. The SMILES string of the molecule is CCOC(=O)Cn1c(=NC(=O)Cc2ccc(Cl)s2)sc2cc(OC)ccc21. The summed E-state index contributed by atoms with van der Waals surface area (Å²) < 4.78 is 13.5. The molecule has 0 saturated heterocycles. The van der Waals surface area contributed by atoms with E-state index in [4.69, 9.17) is 21.1 Å². The van der Waals surface area contributed by atoms with Gasteiger partial charge in [-0.15, -0.1) is 11.3 Å². The Hall–Kier alpha value is -2.16. The topological polar surface area (TPSA) is 69.9 Å². The smallest absolute Gasteiger partial charge is 0.326 e. The minimum atomic E-state index is -0.382. The molecular weight excluding hydrogens is 408 g/mol. The van der Waals surface area contributed by atoms with Crippen molar-refractivity contribution in [3.05, 3.63) is 44.3 Å². The van der Waals surface area contributed by atoms with Gasteiger partial charge in [0.15, 0.2) is 4.80 Å². The molecule has 0 aliphatic rings. The van der Waals surface area contributed by atoms with Crippen LogP contribution in [-0.4, -0.2) is 30.2 Å². The second-order valence-electron chi connectivity index (χ2n) is 5.50. The van der Waals surface area contributed by atoms with E-state index in [9.17, 15) is 9.59 Å². The summed E-state index contributed by atoms with van der Waals surface area (Å²) in [7, 11) is 1.59. The Morgan fingerprint density at radius 1 is 1.22 bits per heavy atom. The number of thiazole rings is 1. The van der Waals surface area contributed by atoms with E-state index in [1.54, 1.807) is 30.7 Å². The average molecular weight is 425 g/mol. The lowest BCUT2D eigenvalue weighted by molar-refractivity contribution is -0.143. The van der Waals surface area contributed by atoms with Gasteiger partial charge in [-0.3, -0.25) is 9.59 Å². The summed E-state index contributed by atoms with van der Waals surface area (Å²) in [6.45, 7) is 2.02. The van der Waals surface area contributed by atoms with E-state index in [2.05, 4.69) is 4.99 Å². The molecule has 0 saturated carbocycles. The van der Waals surface area contributed by atoms with Crippen LogP contribution in [0, 0.1) is 0 Å². The third kappa shape index (κ3) is 4.77. The monoisotopic (exact) mass is 424 g/mol. The number of hydrogen-bond donors (Lipinski definition) is 0. The van der Waals surface area contributed by atoms with Gasteiger partial charge in [-0.2, -0.15) is 4.99 Å². The molecule has 0 fully saturated rings. The molecule has 9 heteroatoms. The quantitative estimate of drug-likeness (QED) is 0.566. The van der Waals surface area contributed by atoms with E-state index >= 15 is 0 Å². The number of thiophene rings is 1. The van der Waals surface area contributed by atoms with Crippen molar-refractivity contribution < 1.29 is 19.1 Å². The first-order valence-corrected chi connectivity index (χ1v) is 10.2. The van der Waals surface area contributed by atoms with Crippen LogP contribution >= 0.6 is 34.3 Å². The fourth-order valence-electron chi connectivity index (χ4n) is 2.50. The van der Waals surface area contributed by atoms with Crippen LogP contribution in [-0.2, 0) is 27.3 Å². The van der Waals surface area contributed by atoms with Crippen LogP contribution in [0.4, 0.5) is 0 Å². The Morgan fingerprint density at radius 3 is 2.70 bits per heavy atom. The van der Waals surface area contributed by atoms with E-state index in [0.29, 0.717) is 21.5 Å². The second kappa shape index (κ2) is 8.69. The Morgan fingerprint density at radius 2 is 2.04 bits per heavy atom. The van der Waals surface area contributed by atoms with E-state index in [-0.39, 0.29) is 24.8 Å². The van der Waals surface area contributed by atoms with Crippen molar-refractivity contribution in [1.82, 2.24) is 4.57 Å². The molecule has 0 aliphatic carbocycles. The first-order chi connectivity index (χ1) is 13.0. The maximum absolute atomic E-state index is 12.4. The van der Waals surface area contributed by atoms with Crippen LogP contribution in [0.1, 0.15) is 11.8 Å². The normalized spacial score (nSPS) is 11.7.